The maximum atomic E-state index is 4.88. The maximum absolute atomic E-state index is 4.88. The molecule has 0 fully saturated rings. The molecule has 7 aromatic rings. The van der Waals surface area contributed by atoms with E-state index < -0.39 is 0 Å². The number of pyridine rings is 2. The van der Waals surface area contributed by atoms with Gasteiger partial charge in [-0.25, -0.2) is 0 Å². The van der Waals surface area contributed by atoms with Crippen molar-refractivity contribution in [3.05, 3.63) is 88.9 Å². The zero-order valence-corrected chi connectivity index (χ0v) is 21.0. The zero-order valence-electron chi connectivity index (χ0n) is 18.6. The smallest absolute Gasteiger partial charge is 0.102 e. The summed E-state index contributed by atoms with van der Waals surface area (Å²) in [5.74, 6) is 0. The van der Waals surface area contributed by atoms with Crippen molar-refractivity contribution in [1.82, 2.24) is 14.5 Å². The molecule has 0 aliphatic rings. The largest absolute Gasteiger partial charge is 0.299 e. The predicted octanol–water partition coefficient (Wildman–Crippen LogP) is 8.86. The second kappa shape index (κ2) is 7.60. The molecule has 164 valence electrons. The monoisotopic (exact) mass is 493 g/mol. The number of fused-ring (bicyclic) bond motifs is 4. The molecule has 34 heavy (non-hydrogen) atoms. The van der Waals surface area contributed by atoms with Crippen molar-refractivity contribution < 1.29 is 0 Å². The molecule has 0 saturated carbocycles. The van der Waals surface area contributed by atoms with Crippen molar-refractivity contribution in [3.8, 4) is 26.8 Å². The number of aryl methyl sites for hydroxylation is 2. The molecule has 0 atom stereocenters. The van der Waals surface area contributed by atoms with Crippen molar-refractivity contribution in [3.63, 3.8) is 0 Å². The minimum absolute atomic E-state index is 0.897. The molecule has 0 saturated heterocycles. The number of rotatable bonds is 3. The Balaban J connectivity index is 1.42. The highest BCUT2D eigenvalue weighted by Crippen LogP contribution is 2.40. The fourth-order valence-electron chi connectivity index (χ4n) is 4.61. The van der Waals surface area contributed by atoms with Gasteiger partial charge in [0.05, 0.1) is 28.6 Å². The molecular formula is C28H19N3S3. The lowest BCUT2D eigenvalue weighted by atomic mass is 10.1. The standard InChI is InChI=1S/C28H19N3S3/c1-16-7-8-25(32-16)18-9-10-29-21(12-18)22-13-20-19-5-3-4-6-23(19)31(24(20)15-30-22)28-14-27-26(34-28)11-17(2)33-27/h3-15H,1-2H3. The molecule has 6 aromatic heterocycles. The Morgan fingerprint density at radius 3 is 2.38 bits per heavy atom. The first-order valence-electron chi connectivity index (χ1n) is 11.1. The summed E-state index contributed by atoms with van der Waals surface area (Å²) in [6.45, 7) is 4.31. The molecule has 1 aromatic carbocycles. The van der Waals surface area contributed by atoms with Gasteiger partial charge in [0.15, 0.2) is 0 Å². The van der Waals surface area contributed by atoms with Crippen molar-refractivity contribution in [2.24, 2.45) is 0 Å². The Labute approximate surface area is 208 Å². The number of thiophene rings is 3. The van der Waals surface area contributed by atoms with E-state index in [1.807, 2.05) is 35.1 Å². The molecule has 0 radical (unpaired) electrons. The van der Waals surface area contributed by atoms with E-state index in [1.165, 1.54) is 50.9 Å². The van der Waals surface area contributed by atoms with Gasteiger partial charge in [-0.15, -0.1) is 34.0 Å². The van der Waals surface area contributed by atoms with Crippen LogP contribution in [-0.2, 0) is 0 Å². The van der Waals surface area contributed by atoms with E-state index in [4.69, 9.17) is 4.98 Å². The summed E-state index contributed by atoms with van der Waals surface area (Å²) >= 11 is 5.50. The lowest BCUT2D eigenvalue weighted by molar-refractivity contribution is 1.20. The van der Waals surface area contributed by atoms with Crippen LogP contribution < -0.4 is 0 Å². The molecule has 6 heteroatoms. The van der Waals surface area contributed by atoms with Gasteiger partial charge in [0.25, 0.3) is 0 Å². The summed E-state index contributed by atoms with van der Waals surface area (Å²) in [7, 11) is 0. The molecule has 0 N–H and O–H groups in total. The summed E-state index contributed by atoms with van der Waals surface area (Å²) in [4.78, 5) is 13.5. The van der Waals surface area contributed by atoms with Gasteiger partial charge in [-0.1, -0.05) is 18.2 Å². The van der Waals surface area contributed by atoms with E-state index in [9.17, 15) is 0 Å². The van der Waals surface area contributed by atoms with Gasteiger partial charge < -0.3 is 0 Å². The van der Waals surface area contributed by atoms with Crippen LogP contribution in [0.5, 0.6) is 0 Å². The summed E-state index contributed by atoms with van der Waals surface area (Å²) in [5.41, 5.74) is 5.31. The fourth-order valence-corrected chi connectivity index (χ4v) is 7.82. The van der Waals surface area contributed by atoms with E-state index >= 15 is 0 Å². The normalized spacial score (nSPS) is 11.8. The SMILES string of the molecule is Cc1ccc(-c2ccnc(-c3cc4c5ccccc5n(-c5cc6sc(C)cc6s5)c4cn3)c2)s1. The molecule has 0 bridgehead atoms. The van der Waals surface area contributed by atoms with E-state index in [-0.39, 0.29) is 0 Å². The van der Waals surface area contributed by atoms with Crippen LogP contribution in [-0.4, -0.2) is 14.5 Å². The molecule has 3 nitrogen and oxygen atoms in total. The van der Waals surface area contributed by atoms with Gasteiger partial charge in [-0.05, 0) is 67.9 Å². The van der Waals surface area contributed by atoms with Gasteiger partial charge in [0.2, 0.25) is 0 Å². The number of hydrogen-bond donors (Lipinski definition) is 0. The average molecular weight is 494 g/mol. The van der Waals surface area contributed by atoms with Crippen LogP contribution in [0.25, 0.3) is 58.0 Å². The molecule has 6 heterocycles. The third-order valence-electron chi connectivity index (χ3n) is 6.14. The highest BCUT2D eigenvalue weighted by Gasteiger charge is 2.17. The lowest BCUT2D eigenvalue weighted by Gasteiger charge is -2.05. The number of hydrogen-bond acceptors (Lipinski definition) is 5. The van der Waals surface area contributed by atoms with Crippen LogP contribution >= 0.6 is 34.0 Å². The Kier molecular flexibility index (Phi) is 4.49. The minimum atomic E-state index is 0.897. The Hall–Kier alpha value is -3.32. The number of nitrogens with zero attached hydrogens (tertiary/aromatic N) is 3. The number of para-hydroxylation sites is 1. The third kappa shape index (κ3) is 3.14. The fraction of sp³-hybridized carbons (Fsp3) is 0.0714. The van der Waals surface area contributed by atoms with Gasteiger partial charge >= 0.3 is 0 Å². The third-order valence-corrected chi connectivity index (χ3v) is 9.39. The molecule has 0 aliphatic carbocycles. The van der Waals surface area contributed by atoms with Gasteiger partial charge in [0.1, 0.15) is 5.00 Å². The Morgan fingerprint density at radius 2 is 1.53 bits per heavy atom. The molecule has 0 spiro atoms. The van der Waals surface area contributed by atoms with Crippen molar-refractivity contribution >= 4 is 65.2 Å². The highest BCUT2D eigenvalue weighted by atomic mass is 32.1. The minimum Gasteiger partial charge on any atom is -0.299 e. The second-order valence-corrected chi connectivity index (χ2v) is 12.1. The van der Waals surface area contributed by atoms with Gasteiger partial charge in [-0.2, -0.15) is 0 Å². The van der Waals surface area contributed by atoms with E-state index in [1.54, 1.807) is 11.3 Å². The molecule has 0 unspecified atom stereocenters. The van der Waals surface area contributed by atoms with Gasteiger partial charge in [0, 0.05) is 41.0 Å². The predicted molar refractivity (Wildman–Crippen MR) is 148 cm³/mol. The zero-order chi connectivity index (χ0) is 22.8. The molecule has 0 amide bonds. The summed E-state index contributed by atoms with van der Waals surface area (Å²) in [6.07, 6.45) is 3.89. The van der Waals surface area contributed by atoms with Crippen molar-refractivity contribution in [2.75, 3.05) is 0 Å². The van der Waals surface area contributed by atoms with E-state index in [2.05, 4.69) is 90.1 Å². The van der Waals surface area contributed by atoms with Crippen LogP contribution in [0.4, 0.5) is 0 Å². The lowest BCUT2D eigenvalue weighted by Crippen LogP contribution is -1.92. The first-order valence-corrected chi connectivity index (χ1v) is 13.5. The summed E-state index contributed by atoms with van der Waals surface area (Å²) in [5, 5.41) is 3.67. The van der Waals surface area contributed by atoms with Crippen LogP contribution in [0.15, 0.2) is 79.1 Å². The summed E-state index contributed by atoms with van der Waals surface area (Å²) < 4.78 is 5.04. The van der Waals surface area contributed by atoms with Gasteiger partial charge in [-0.3, -0.25) is 14.5 Å². The van der Waals surface area contributed by atoms with Crippen LogP contribution in [0, 0.1) is 13.8 Å². The first-order chi connectivity index (χ1) is 16.6. The quantitative estimate of drug-likeness (QED) is 0.246. The van der Waals surface area contributed by atoms with Crippen molar-refractivity contribution in [2.45, 2.75) is 13.8 Å². The average Bonchev–Trinajstić information content (AvgIpc) is 3.60. The molecule has 0 aliphatic heterocycles. The highest BCUT2D eigenvalue weighted by molar-refractivity contribution is 7.29. The van der Waals surface area contributed by atoms with Crippen LogP contribution in [0.1, 0.15) is 9.75 Å². The second-order valence-electron chi connectivity index (χ2n) is 8.45. The molecule has 7 rings (SSSR count). The molecular weight excluding hydrogens is 475 g/mol. The topological polar surface area (TPSA) is 30.7 Å². The maximum Gasteiger partial charge on any atom is 0.102 e. The number of aromatic nitrogens is 3. The Morgan fingerprint density at radius 1 is 0.676 bits per heavy atom. The van der Waals surface area contributed by atoms with Crippen molar-refractivity contribution in [1.29, 1.82) is 0 Å². The van der Waals surface area contributed by atoms with E-state index in [0.717, 1.165) is 16.9 Å². The Bertz CT molecular complexity index is 1820. The van der Waals surface area contributed by atoms with Crippen LogP contribution in [0.3, 0.4) is 0 Å². The van der Waals surface area contributed by atoms with E-state index in [0.29, 0.717) is 0 Å². The van der Waals surface area contributed by atoms with Crippen LogP contribution in [0.2, 0.25) is 0 Å². The first kappa shape index (κ1) is 20.1. The number of benzene rings is 1. The summed E-state index contributed by atoms with van der Waals surface area (Å²) in [6, 6.07) is 24.0.